The van der Waals surface area contributed by atoms with E-state index in [-0.39, 0.29) is 16.2 Å². The van der Waals surface area contributed by atoms with Crippen molar-refractivity contribution in [2.24, 2.45) is 0 Å². The van der Waals surface area contributed by atoms with E-state index in [4.69, 9.17) is 9.97 Å². The lowest BCUT2D eigenvalue weighted by molar-refractivity contribution is 0.301. The Bertz CT molecular complexity index is 1350. The van der Waals surface area contributed by atoms with E-state index in [1.54, 1.807) is 0 Å². The zero-order valence-electron chi connectivity index (χ0n) is 22.9. The van der Waals surface area contributed by atoms with E-state index in [9.17, 15) is 0 Å². The Balaban J connectivity index is 1.91. The van der Waals surface area contributed by atoms with Crippen molar-refractivity contribution in [1.29, 1.82) is 0 Å². The normalized spacial score (nSPS) is 17.5. The summed E-state index contributed by atoms with van der Waals surface area (Å²) in [5, 5.41) is 0. The Hall–Kier alpha value is -3.14. The van der Waals surface area contributed by atoms with Gasteiger partial charge in [0.25, 0.3) is 0 Å². The molecule has 1 aliphatic heterocycles. The molecule has 0 unspecified atom stereocenters. The van der Waals surface area contributed by atoms with E-state index in [1.807, 2.05) is 0 Å². The predicted octanol–water partition coefficient (Wildman–Crippen LogP) is 7.19. The molecule has 182 valence electrons. The fourth-order valence-corrected chi connectivity index (χ4v) is 5.75. The van der Waals surface area contributed by atoms with Gasteiger partial charge in [-0.3, -0.25) is 0 Å². The van der Waals surface area contributed by atoms with Crippen LogP contribution in [0.1, 0.15) is 86.6 Å². The van der Waals surface area contributed by atoms with Gasteiger partial charge in [0.1, 0.15) is 11.6 Å². The zero-order valence-corrected chi connectivity index (χ0v) is 22.9. The third kappa shape index (κ3) is 3.18. The van der Waals surface area contributed by atoms with Gasteiger partial charge in [0, 0.05) is 40.0 Å². The molecule has 0 aliphatic carbocycles. The Kier molecular flexibility index (Phi) is 5.01. The smallest absolute Gasteiger partial charge is 0.137 e. The topological polar surface area (TPSA) is 35.6 Å². The van der Waals surface area contributed by atoms with Crippen molar-refractivity contribution in [1.82, 2.24) is 19.1 Å². The van der Waals surface area contributed by atoms with Crippen LogP contribution in [-0.2, 0) is 16.2 Å². The van der Waals surface area contributed by atoms with Gasteiger partial charge in [-0.15, -0.1) is 0 Å². The van der Waals surface area contributed by atoms with Crippen LogP contribution in [0, 0.1) is 27.7 Å². The van der Waals surface area contributed by atoms with Crippen LogP contribution in [-0.4, -0.2) is 19.1 Å². The maximum Gasteiger partial charge on any atom is 0.137 e. The first kappa shape index (κ1) is 23.6. The highest BCUT2D eigenvalue weighted by molar-refractivity contribution is 5.49. The number of nitrogens with zero attached hydrogens (tertiary/aromatic N) is 4. The molecule has 5 rings (SSSR count). The predicted molar refractivity (Wildman–Crippen MR) is 144 cm³/mol. The first-order chi connectivity index (χ1) is 16.3. The summed E-state index contributed by atoms with van der Waals surface area (Å²) < 4.78 is 4.55. The van der Waals surface area contributed by atoms with Gasteiger partial charge in [-0.25, -0.2) is 9.97 Å². The van der Waals surface area contributed by atoms with Crippen LogP contribution in [0.4, 0.5) is 0 Å². The summed E-state index contributed by atoms with van der Waals surface area (Å²) in [7, 11) is 0. The first-order valence-electron chi connectivity index (χ1n) is 12.6. The molecule has 0 saturated carbocycles. The first-order valence-corrected chi connectivity index (χ1v) is 12.6. The standard InChI is InChI=1S/C31H38N4/c1-19-21(3)34-17-23(19)30(7,8)31(9,10)24-18-35(22(4)20(24)2)28-16-12-14-26(33-28)29(5,6)25-13-11-15-27(34)32-25/h11-18H,1-10H3. The van der Waals surface area contributed by atoms with E-state index < -0.39 is 0 Å². The lowest BCUT2D eigenvalue weighted by atomic mass is 9.60. The molecule has 5 heterocycles. The fourth-order valence-electron chi connectivity index (χ4n) is 5.75. The van der Waals surface area contributed by atoms with E-state index in [2.05, 4.69) is 127 Å². The molecule has 4 heteroatoms. The minimum absolute atomic E-state index is 0.122. The Morgan fingerprint density at radius 2 is 0.943 bits per heavy atom. The minimum atomic E-state index is -0.345. The van der Waals surface area contributed by atoms with Crippen LogP contribution in [0.2, 0.25) is 0 Å². The highest BCUT2D eigenvalue weighted by Gasteiger charge is 2.43. The maximum atomic E-state index is 5.18. The van der Waals surface area contributed by atoms with Crippen molar-refractivity contribution in [3.8, 4) is 11.6 Å². The van der Waals surface area contributed by atoms with Crippen molar-refractivity contribution in [2.75, 3.05) is 0 Å². The lowest BCUT2D eigenvalue weighted by Gasteiger charge is -2.42. The highest BCUT2D eigenvalue weighted by Crippen LogP contribution is 2.48. The van der Waals surface area contributed by atoms with E-state index in [1.165, 1.54) is 33.6 Å². The lowest BCUT2D eigenvalue weighted by Crippen LogP contribution is -2.40. The molecular formula is C31H38N4. The molecule has 4 aromatic rings. The van der Waals surface area contributed by atoms with Crippen LogP contribution in [0.3, 0.4) is 0 Å². The number of fused-ring (bicyclic) bond motifs is 10. The number of pyridine rings is 2. The van der Waals surface area contributed by atoms with Crippen LogP contribution in [0.15, 0.2) is 48.8 Å². The number of aromatic nitrogens is 4. The minimum Gasteiger partial charge on any atom is -0.305 e. The summed E-state index contributed by atoms with van der Waals surface area (Å²) in [5.41, 5.74) is 9.33. The van der Waals surface area contributed by atoms with E-state index in [0.29, 0.717) is 0 Å². The molecule has 0 saturated heterocycles. The molecule has 0 radical (unpaired) electrons. The highest BCUT2D eigenvalue weighted by atomic mass is 15.1. The summed E-state index contributed by atoms with van der Waals surface area (Å²) in [5.74, 6) is 1.91. The second-order valence-corrected chi connectivity index (χ2v) is 11.9. The van der Waals surface area contributed by atoms with Crippen molar-refractivity contribution in [2.45, 2.75) is 85.5 Å². The van der Waals surface area contributed by atoms with Gasteiger partial charge in [-0.2, -0.15) is 0 Å². The van der Waals surface area contributed by atoms with Gasteiger partial charge in [-0.05, 0) is 88.1 Å². The average Bonchev–Trinajstić information content (AvgIpc) is 3.30. The summed E-state index contributed by atoms with van der Waals surface area (Å²) in [6.45, 7) is 22.9. The fraction of sp³-hybridized carbons (Fsp3) is 0.419. The second kappa shape index (κ2) is 7.43. The molecule has 0 amide bonds. The quantitative estimate of drug-likeness (QED) is 0.275. The van der Waals surface area contributed by atoms with Crippen LogP contribution in [0.25, 0.3) is 11.6 Å². The number of rotatable bonds is 0. The van der Waals surface area contributed by atoms with E-state index in [0.717, 1.165) is 23.0 Å². The van der Waals surface area contributed by atoms with Gasteiger partial charge in [0.2, 0.25) is 0 Å². The molecule has 0 fully saturated rings. The molecule has 0 N–H and O–H groups in total. The van der Waals surface area contributed by atoms with Crippen LogP contribution >= 0.6 is 0 Å². The van der Waals surface area contributed by atoms with Crippen molar-refractivity contribution in [3.63, 3.8) is 0 Å². The molecule has 1 aliphatic rings. The molecule has 0 spiro atoms. The maximum absolute atomic E-state index is 5.18. The Morgan fingerprint density at radius 1 is 0.571 bits per heavy atom. The average molecular weight is 467 g/mol. The molecular weight excluding hydrogens is 428 g/mol. The molecule has 4 aromatic heterocycles. The number of hydrogen-bond donors (Lipinski definition) is 0. The summed E-state index contributed by atoms with van der Waals surface area (Å²) in [6, 6.07) is 12.7. The van der Waals surface area contributed by atoms with Gasteiger partial charge in [0.15, 0.2) is 0 Å². The van der Waals surface area contributed by atoms with Crippen LogP contribution in [0.5, 0.6) is 0 Å². The summed E-state index contributed by atoms with van der Waals surface area (Å²) in [4.78, 5) is 10.4. The third-order valence-corrected chi connectivity index (χ3v) is 9.28. The number of hydrogen-bond acceptors (Lipinski definition) is 2. The van der Waals surface area contributed by atoms with E-state index >= 15 is 0 Å². The van der Waals surface area contributed by atoms with Crippen molar-refractivity contribution in [3.05, 3.63) is 93.8 Å². The van der Waals surface area contributed by atoms with Gasteiger partial charge in [-0.1, -0.05) is 39.8 Å². The van der Waals surface area contributed by atoms with Crippen molar-refractivity contribution >= 4 is 0 Å². The van der Waals surface area contributed by atoms with Crippen molar-refractivity contribution < 1.29 is 0 Å². The molecule has 8 bridgehead atoms. The van der Waals surface area contributed by atoms with Gasteiger partial charge >= 0.3 is 0 Å². The molecule has 0 atom stereocenters. The molecule has 0 aromatic carbocycles. The molecule has 35 heavy (non-hydrogen) atoms. The second-order valence-electron chi connectivity index (χ2n) is 11.9. The summed E-state index contributed by atoms with van der Waals surface area (Å²) >= 11 is 0. The van der Waals surface area contributed by atoms with Crippen LogP contribution < -0.4 is 0 Å². The summed E-state index contributed by atoms with van der Waals surface area (Å²) in [6.07, 6.45) is 4.64. The monoisotopic (exact) mass is 466 g/mol. The Labute approximate surface area is 210 Å². The molecule has 4 nitrogen and oxygen atoms in total. The van der Waals surface area contributed by atoms with Gasteiger partial charge < -0.3 is 9.13 Å². The Morgan fingerprint density at radius 3 is 1.31 bits per heavy atom. The zero-order chi connectivity index (χ0) is 25.5. The van der Waals surface area contributed by atoms with Gasteiger partial charge in [0.05, 0.1) is 11.4 Å². The largest absolute Gasteiger partial charge is 0.305 e. The third-order valence-electron chi connectivity index (χ3n) is 9.28. The SMILES string of the molecule is Cc1c2cn(c1C)-c1cccc(n1)C(C)(C)c1cccc(n1)-n1cc(c(C)c1C)C(C)(C)C2(C)C.